The fourth-order valence-electron chi connectivity index (χ4n) is 2.64. The third kappa shape index (κ3) is 4.77. The number of nitrogens with zero attached hydrogens (tertiary/aromatic N) is 2. The third-order valence-corrected chi connectivity index (χ3v) is 4.69. The Balaban J connectivity index is 1.59. The molecule has 1 aliphatic rings. The quantitative estimate of drug-likeness (QED) is 0.885. The molecule has 0 saturated carbocycles. The van der Waals surface area contributed by atoms with Crippen LogP contribution in [0.3, 0.4) is 0 Å². The van der Waals surface area contributed by atoms with E-state index in [4.69, 9.17) is 4.74 Å². The van der Waals surface area contributed by atoms with Crippen molar-refractivity contribution in [3.63, 3.8) is 0 Å². The molecule has 2 aromatic heterocycles. The number of nitrogens with one attached hydrogen (secondary N) is 1. The summed E-state index contributed by atoms with van der Waals surface area (Å²) in [6, 6.07) is 7.84. The highest BCUT2D eigenvalue weighted by Crippen LogP contribution is 2.17. The molecule has 0 bridgehead atoms. The Morgan fingerprint density at radius 3 is 3.09 bits per heavy atom. The highest BCUT2D eigenvalue weighted by atomic mass is 32.1. The van der Waals surface area contributed by atoms with Crippen molar-refractivity contribution in [2.45, 2.75) is 32.0 Å². The predicted octanol–water partition coefficient (Wildman–Crippen LogP) is 3.03. The van der Waals surface area contributed by atoms with Crippen LogP contribution in [0.25, 0.3) is 0 Å². The van der Waals surface area contributed by atoms with Crippen molar-refractivity contribution in [3.05, 3.63) is 52.5 Å². The van der Waals surface area contributed by atoms with Crippen LogP contribution in [0.4, 0.5) is 4.79 Å². The average Bonchev–Trinajstić information content (AvgIpc) is 3.27. The van der Waals surface area contributed by atoms with Gasteiger partial charge in [0.1, 0.15) is 0 Å². The molecule has 1 fully saturated rings. The second kappa shape index (κ2) is 8.08. The lowest BCUT2D eigenvalue weighted by Crippen LogP contribution is -2.42. The molecule has 122 valence electrons. The van der Waals surface area contributed by atoms with E-state index in [2.05, 4.69) is 16.4 Å². The molecule has 23 heavy (non-hydrogen) atoms. The standard InChI is InChI=1S/C17H21N3O2S/c21-17(19-11-14-4-1-7-18-10-14)20(12-15-5-2-8-22-15)13-16-6-3-9-23-16/h1,3-4,6-7,9-10,15H,2,5,8,11-13H2,(H,19,21). The molecule has 2 aromatic rings. The summed E-state index contributed by atoms with van der Waals surface area (Å²) in [6.07, 6.45) is 5.75. The van der Waals surface area contributed by atoms with E-state index in [9.17, 15) is 4.79 Å². The van der Waals surface area contributed by atoms with Crippen LogP contribution in [0.15, 0.2) is 42.0 Å². The van der Waals surface area contributed by atoms with Crippen molar-refractivity contribution < 1.29 is 9.53 Å². The summed E-state index contributed by atoms with van der Waals surface area (Å²) < 4.78 is 5.69. The van der Waals surface area contributed by atoms with E-state index >= 15 is 0 Å². The first-order valence-corrected chi connectivity index (χ1v) is 8.75. The smallest absolute Gasteiger partial charge is 0.318 e. The normalized spacial score (nSPS) is 17.1. The Labute approximate surface area is 140 Å². The van der Waals surface area contributed by atoms with E-state index in [1.807, 2.05) is 28.5 Å². The Morgan fingerprint density at radius 1 is 1.43 bits per heavy atom. The first-order valence-electron chi connectivity index (χ1n) is 7.87. The van der Waals surface area contributed by atoms with Gasteiger partial charge in [-0.3, -0.25) is 4.98 Å². The zero-order valence-corrected chi connectivity index (χ0v) is 13.8. The van der Waals surface area contributed by atoms with Crippen molar-refractivity contribution in [1.82, 2.24) is 15.2 Å². The number of thiophene rings is 1. The van der Waals surface area contributed by atoms with Crippen molar-refractivity contribution in [3.8, 4) is 0 Å². The van der Waals surface area contributed by atoms with Gasteiger partial charge in [0, 0.05) is 37.0 Å². The second-order valence-corrected chi connectivity index (χ2v) is 6.65. The Bertz CT molecular complexity index is 598. The van der Waals surface area contributed by atoms with Crippen LogP contribution in [0.1, 0.15) is 23.3 Å². The maximum absolute atomic E-state index is 12.6. The second-order valence-electron chi connectivity index (χ2n) is 5.61. The van der Waals surface area contributed by atoms with Crippen LogP contribution in [0.2, 0.25) is 0 Å². The number of hydrogen-bond donors (Lipinski definition) is 1. The van der Waals surface area contributed by atoms with Gasteiger partial charge in [0.2, 0.25) is 0 Å². The number of carbonyl (C=O) groups is 1. The summed E-state index contributed by atoms with van der Waals surface area (Å²) in [5.41, 5.74) is 0.994. The van der Waals surface area contributed by atoms with Crippen LogP contribution < -0.4 is 5.32 Å². The van der Waals surface area contributed by atoms with Crippen LogP contribution in [-0.2, 0) is 17.8 Å². The van der Waals surface area contributed by atoms with Gasteiger partial charge in [0.05, 0.1) is 12.6 Å². The van der Waals surface area contributed by atoms with E-state index in [1.54, 1.807) is 23.7 Å². The largest absolute Gasteiger partial charge is 0.376 e. The van der Waals surface area contributed by atoms with Crippen LogP contribution in [0, 0.1) is 0 Å². The number of hydrogen-bond acceptors (Lipinski definition) is 4. The summed E-state index contributed by atoms with van der Waals surface area (Å²) in [7, 11) is 0. The molecule has 5 nitrogen and oxygen atoms in total. The highest BCUT2D eigenvalue weighted by molar-refractivity contribution is 7.09. The molecule has 1 aliphatic heterocycles. The molecule has 3 rings (SSSR count). The maximum Gasteiger partial charge on any atom is 0.318 e. The van der Waals surface area contributed by atoms with Gasteiger partial charge < -0.3 is 15.0 Å². The van der Waals surface area contributed by atoms with Gasteiger partial charge in [-0.15, -0.1) is 11.3 Å². The van der Waals surface area contributed by atoms with Gasteiger partial charge >= 0.3 is 6.03 Å². The molecule has 1 unspecified atom stereocenters. The zero-order chi connectivity index (χ0) is 15.9. The number of aromatic nitrogens is 1. The summed E-state index contributed by atoms with van der Waals surface area (Å²) >= 11 is 1.67. The van der Waals surface area contributed by atoms with Gasteiger partial charge in [-0.1, -0.05) is 12.1 Å². The van der Waals surface area contributed by atoms with E-state index in [1.165, 1.54) is 4.88 Å². The highest BCUT2D eigenvalue weighted by Gasteiger charge is 2.22. The summed E-state index contributed by atoms with van der Waals surface area (Å²) in [6.45, 7) is 2.54. The first-order chi connectivity index (χ1) is 11.3. The van der Waals surface area contributed by atoms with E-state index < -0.39 is 0 Å². The molecular formula is C17H21N3O2S. The van der Waals surface area contributed by atoms with Gasteiger partial charge in [-0.05, 0) is 35.9 Å². The van der Waals surface area contributed by atoms with Crippen LogP contribution in [-0.4, -0.2) is 35.2 Å². The molecule has 1 atom stereocenters. The first kappa shape index (κ1) is 16.0. The van der Waals surface area contributed by atoms with Gasteiger partial charge in [-0.2, -0.15) is 0 Å². The Morgan fingerprint density at radius 2 is 2.39 bits per heavy atom. The SMILES string of the molecule is O=C(NCc1cccnc1)N(Cc1cccs1)CC1CCCO1. The molecule has 0 radical (unpaired) electrons. The number of urea groups is 1. The molecule has 6 heteroatoms. The molecule has 1 saturated heterocycles. The average molecular weight is 331 g/mol. The lowest BCUT2D eigenvalue weighted by Gasteiger charge is -2.25. The number of rotatable bonds is 6. The fraction of sp³-hybridized carbons (Fsp3) is 0.412. The third-order valence-electron chi connectivity index (χ3n) is 3.83. The Kier molecular flexibility index (Phi) is 5.60. The summed E-state index contributed by atoms with van der Waals surface area (Å²) in [4.78, 5) is 19.7. The number of carbonyl (C=O) groups excluding carboxylic acids is 1. The van der Waals surface area contributed by atoms with Crippen molar-refractivity contribution in [2.75, 3.05) is 13.2 Å². The molecule has 0 aliphatic carbocycles. The maximum atomic E-state index is 12.6. The van der Waals surface area contributed by atoms with Crippen molar-refractivity contribution >= 4 is 17.4 Å². The van der Waals surface area contributed by atoms with E-state index in [-0.39, 0.29) is 12.1 Å². The molecule has 3 heterocycles. The van der Waals surface area contributed by atoms with Crippen LogP contribution in [0.5, 0.6) is 0 Å². The molecular weight excluding hydrogens is 310 g/mol. The molecule has 1 N–H and O–H groups in total. The van der Waals surface area contributed by atoms with E-state index in [0.717, 1.165) is 25.0 Å². The molecule has 0 aromatic carbocycles. The fourth-order valence-corrected chi connectivity index (χ4v) is 3.36. The van der Waals surface area contributed by atoms with Crippen molar-refractivity contribution in [2.24, 2.45) is 0 Å². The monoisotopic (exact) mass is 331 g/mol. The molecule has 0 spiro atoms. The van der Waals surface area contributed by atoms with Gasteiger partial charge in [0.25, 0.3) is 0 Å². The lowest BCUT2D eigenvalue weighted by atomic mass is 10.2. The Hall–Kier alpha value is -1.92. The topological polar surface area (TPSA) is 54.5 Å². The summed E-state index contributed by atoms with van der Waals surface area (Å²) in [5.74, 6) is 0. The minimum atomic E-state index is -0.0576. The molecule has 2 amide bonds. The van der Waals surface area contributed by atoms with Gasteiger partial charge in [0.15, 0.2) is 0 Å². The van der Waals surface area contributed by atoms with Gasteiger partial charge in [-0.25, -0.2) is 4.79 Å². The summed E-state index contributed by atoms with van der Waals surface area (Å²) in [5, 5.41) is 5.02. The number of pyridine rings is 1. The minimum Gasteiger partial charge on any atom is -0.376 e. The van der Waals surface area contributed by atoms with Crippen molar-refractivity contribution in [1.29, 1.82) is 0 Å². The van der Waals surface area contributed by atoms with Crippen LogP contribution >= 0.6 is 11.3 Å². The zero-order valence-electron chi connectivity index (χ0n) is 13.0. The lowest BCUT2D eigenvalue weighted by molar-refractivity contribution is 0.0796. The predicted molar refractivity (Wildman–Crippen MR) is 90.2 cm³/mol. The minimum absolute atomic E-state index is 0.0576. The number of amides is 2. The van der Waals surface area contributed by atoms with E-state index in [0.29, 0.717) is 19.6 Å². The number of ether oxygens (including phenoxy) is 1.